The van der Waals surface area contributed by atoms with Crippen molar-refractivity contribution in [3.63, 3.8) is 0 Å². The van der Waals surface area contributed by atoms with Gasteiger partial charge in [-0.1, -0.05) is 6.92 Å². The summed E-state index contributed by atoms with van der Waals surface area (Å²) in [6.45, 7) is 4.27. The van der Waals surface area contributed by atoms with E-state index in [1.54, 1.807) is 7.05 Å². The molecule has 108 valence electrons. The predicted molar refractivity (Wildman–Crippen MR) is 84.9 cm³/mol. The summed E-state index contributed by atoms with van der Waals surface area (Å²) in [5.74, 6) is -0.297. The molecule has 0 amide bonds. The van der Waals surface area contributed by atoms with Crippen LogP contribution in [0.15, 0.2) is 23.2 Å². The van der Waals surface area contributed by atoms with Crippen molar-refractivity contribution in [2.75, 3.05) is 7.05 Å². The molecule has 0 saturated heterocycles. The lowest BCUT2D eigenvalue weighted by molar-refractivity contribution is 0.578. The topological polar surface area (TPSA) is 36.4 Å². The van der Waals surface area contributed by atoms with E-state index >= 15 is 0 Å². The fourth-order valence-corrected chi connectivity index (χ4v) is 1.39. The summed E-state index contributed by atoms with van der Waals surface area (Å²) in [4.78, 5) is 4.02. The van der Waals surface area contributed by atoms with Crippen LogP contribution in [0.1, 0.15) is 25.8 Å². The van der Waals surface area contributed by atoms with Crippen molar-refractivity contribution in [2.24, 2.45) is 4.99 Å². The third kappa shape index (κ3) is 6.17. The fourth-order valence-electron chi connectivity index (χ4n) is 1.39. The highest BCUT2D eigenvalue weighted by Crippen LogP contribution is 2.09. The first-order valence-electron chi connectivity index (χ1n) is 5.98. The van der Waals surface area contributed by atoms with Gasteiger partial charge in [0.05, 0.1) is 0 Å². The Labute approximate surface area is 129 Å². The number of hydrogen-bond acceptors (Lipinski definition) is 1. The van der Waals surface area contributed by atoms with Crippen molar-refractivity contribution >= 4 is 29.9 Å². The lowest BCUT2D eigenvalue weighted by Gasteiger charge is -2.16. The second-order valence-electron chi connectivity index (χ2n) is 4.12. The van der Waals surface area contributed by atoms with Gasteiger partial charge in [0.1, 0.15) is 11.6 Å². The average Bonchev–Trinajstić information content (AvgIpc) is 2.37. The number of guanidine groups is 1. The van der Waals surface area contributed by atoms with Gasteiger partial charge in [-0.15, -0.1) is 24.0 Å². The number of benzene rings is 1. The van der Waals surface area contributed by atoms with Crippen LogP contribution in [0.25, 0.3) is 0 Å². The maximum Gasteiger partial charge on any atom is 0.191 e. The number of hydrogen-bond donors (Lipinski definition) is 2. The van der Waals surface area contributed by atoms with Crippen LogP contribution in [0.2, 0.25) is 0 Å². The van der Waals surface area contributed by atoms with Crippen LogP contribution in [0.5, 0.6) is 0 Å². The van der Waals surface area contributed by atoms with E-state index in [4.69, 9.17) is 0 Å². The predicted octanol–water partition coefficient (Wildman–Crippen LogP) is 3.05. The van der Waals surface area contributed by atoms with E-state index in [0.29, 0.717) is 5.96 Å². The lowest BCUT2D eigenvalue weighted by atomic mass is 10.2. The van der Waals surface area contributed by atoms with Crippen molar-refractivity contribution in [3.8, 4) is 0 Å². The standard InChI is InChI=1S/C13H19F2N3.HI/c1-4-9(2)18-13(16-3)17-8-10-7-11(14)5-6-12(10)15;/h5-7,9H,4,8H2,1-3H3,(H2,16,17,18);1H. The summed E-state index contributed by atoms with van der Waals surface area (Å²) < 4.78 is 26.4. The number of nitrogens with zero attached hydrogens (tertiary/aromatic N) is 1. The SMILES string of the molecule is CCC(C)NC(=NC)NCc1cc(F)ccc1F.I. The zero-order chi connectivity index (χ0) is 13.5. The van der Waals surface area contributed by atoms with Gasteiger partial charge in [0.25, 0.3) is 0 Å². The van der Waals surface area contributed by atoms with E-state index < -0.39 is 11.6 Å². The normalized spacial score (nSPS) is 12.6. The van der Waals surface area contributed by atoms with Crippen molar-refractivity contribution in [1.82, 2.24) is 10.6 Å². The van der Waals surface area contributed by atoms with Crippen molar-refractivity contribution < 1.29 is 8.78 Å². The first kappa shape index (κ1) is 18.1. The number of halogens is 3. The second kappa shape index (κ2) is 9.06. The summed E-state index contributed by atoms with van der Waals surface area (Å²) >= 11 is 0. The van der Waals surface area contributed by atoms with E-state index in [0.717, 1.165) is 18.6 Å². The number of nitrogens with one attached hydrogen (secondary N) is 2. The zero-order valence-corrected chi connectivity index (χ0v) is 13.7. The molecule has 0 aliphatic heterocycles. The number of aliphatic imine (C=N–C) groups is 1. The van der Waals surface area contributed by atoms with Gasteiger partial charge < -0.3 is 10.6 Å². The van der Waals surface area contributed by atoms with Gasteiger partial charge >= 0.3 is 0 Å². The highest BCUT2D eigenvalue weighted by atomic mass is 127. The molecule has 0 spiro atoms. The second-order valence-corrected chi connectivity index (χ2v) is 4.12. The van der Waals surface area contributed by atoms with Crippen LogP contribution in [-0.4, -0.2) is 19.0 Å². The summed E-state index contributed by atoms with van der Waals surface area (Å²) in [5.41, 5.74) is 0.280. The van der Waals surface area contributed by atoms with E-state index in [9.17, 15) is 8.78 Å². The highest BCUT2D eigenvalue weighted by molar-refractivity contribution is 14.0. The summed E-state index contributed by atoms with van der Waals surface area (Å²) in [6.07, 6.45) is 0.953. The molecule has 0 radical (unpaired) electrons. The highest BCUT2D eigenvalue weighted by Gasteiger charge is 2.06. The fraction of sp³-hybridized carbons (Fsp3) is 0.462. The molecule has 0 saturated carbocycles. The van der Waals surface area contributed by atoms with E-state index in [1.165, 1.54) is 6.07 Å². The van der Waals surface area contributed by atoms with Gasteiger partial charge in [-0.2, -0.15) is 0 Å². The Kier molecular flexibility index (Phi) is 8.62. The van der Waals surface area contributed by atoms with Crippen molar-refractivity contribution in [2.45, 2.75) is 32.9 Å². The Morgan fingerprint density at radius 1 is 1.37 bits per heavy atom. The molecule has 1 aromatic carbocycles. The molecule has 1 aromatic rings. The maximum absolute atomic E-state index is 13.4. The molecule has 0 fully saturated rings. The molecular weight excluding hydrogens is 363 g/mol. The molecule has 0 heterocycles. The first-order valence-corrected chi connectivity index (χ1v) is 5.98. The molecule has 19 heavy (non-hydrogen) atoms. The maximum atomic E-state index is 13.4. The molecule has 6 heteroatoms. The first-order chi connectivity index (χ1) is 8.56. The van der Waals surface area contributed by atoms with Gasteiger partial charge in [0.2, 0.25) is 0 Å². The van der Waals surface area contributed by atoms with Crippen LogP contribution >= 0.6 is 24.0 Å². The average molecular weight is 383 g/mol. The van der Waals surface area contributed by atoms with E-state index in [-0.39, 0.29) is 42.1 Å². The molecule has 0 aromatic heterocycles. The van der Waals surface area contributed by atoms with Crippen LogP contribution < -0.4 is 10.6 Å². The molecule has 2 N–H and O–H groups in total. The van der Waals surface area contributed by atoms with Gasteiger partial charge in [-0.05, 0) is 31.5 Å². The molecule has 1 atom stereocenters. The summed E-state index contributed by atoms with van der Waals surface area (Å²) in [7, 11) is 1.64. The molecule has 3 nitrogen and oxygen atoms in total. The smallest absolute Gasteiger partial charge is 0.191 e. The Morgan fingerprint density at radius 3 is 2.63 bits per heavy atom. The van der Waals surface area contributed by atoms with Crippen LogP contribution in [-0.2, 0) is 6.54 Å². The van der Waals surface area contributed by atoms with Gasteiger partial charge in [0.15, 0.2) is 5.96 Å². The lowest BCUT2D eigenvalue weighted by Crippen LogP contribution is -2.41. The van der Waals surface area contributed by atoms with Crippen LogP contribution in [0.3, 0.4) is 0 Å². The monoisotopic (exact) mass is 383 g/mol. The molecule has 0 bridgehead atoms. The van der Waals surface area contributed by atoms with Crippen molar-refractivity contribution in [1.29, 1.82) is 0 Å². The largest absolute Gasteiger partial charge is 0.354 e. The minimum absolute atomic E-state index is 0. The Hall–Kier alpha value is -0.920. The van der Waals surface area contributed by atoms with Gasteiger partial charge in [-0.3, -0.25) is 4.99 Å². The summed E-state index contributed by atoms with van der Waals surface area (Å²) in [6, 6.07) is 3.68. The minimum Gasteiger partial charge on any atom is -0.354 e. The van der Waals surface area contributed by atoms with E-state index in [2.05, 4.69) is 22.5 Å². The Morgan fingerprint density at radius 2 is 2.05 bits per heavy atom. The third-order valence-electron chi connectivity index (χ3n) is 2.67. The molecular formula is C13H20F2IN3. The molecule has 0 aliphatic rings. The third-order valence-corrected chi connectivity index (χ3v) is 2.67. The minimum atomic E-state index is -0.446. The Balaban J connectivity index is 0.00000324. The molecule has 1 rings (SSSR count). The van der Waals surface area contributed by atoms with Gasteiger partial charge in [0, 0.05) is 25.2 Å². The van der Waals surface area contributed by atoms with Crippen LogP contribution in [0, 0.1) is 11.6 Å². The molecule has 1 unspecified atom stereocenters. The van der Waals surface area contributed by atoms with E-state index in [1.807, 2.05) is 6.92 Å². The van der Waals surface area contributed by atoms with Gasteiger partial charge in [-0.25, -0.2) is 8.78 Å². The molecule has 0 aliphatic carbocycles. The summed E-state index contributed by atoms with van der Waals surface area (Å²) in [5, 5.41) is 6.09. The quantitative estimate of drug-likeness (QED) is 0.477. The Bertz CT molecular complexity index is 424. The van der Waals surface area contributed by atoms with Crippen LogP contribution in [0.4, 0.5) is 8.78 Å². The zero-order valence-electron chi connectivity index (χ0n) is 11.3. The number of rotatable bonds is 4. The van der Waals surface area contributed by atoms with Crippen molar-refractivity contribution in [3.05, 3.63) is 35.4 Å².